The molecule has 2 rings (SSSR count). The Morgan fingerprint density at radius 1 is 1.23 bits per heavy atom. The Labute approximate surface area is 134 Å². The van der Waals surface area contributed by atoms with Gasteiger partial charge in [-0.05, 0) is 56.4 Å². The zero-order chi connectivity index (χ0) is 15.9. The second kappa shape index (κ2) is 8.18. The van der Waals surface area contributed by atoms with Gasteiger partial charge in [0.1, 0.15) is 0 Å². The van der Waals surface area contributed by atoms with Gasteiger partial charge in [-0.15, -0.1) is 0 Å². The molecule has 4 heteroatoms. The highest BCUT2D eigenvalue weighted by Crippen LogP contribution is 2.18. The van der Waals surface area contributed by atoms with E-state index in [9.17, 15) is 4.79 Å². The van der Waals surface area contributed by atoms with Gasteiger partial charge in [0.2, 0.25) is 0 Å². The predicted molar refractivity (Wildman–Crippen MR) is 92.3 cm³/mol. The highest BCUT2D eigenvalue weighted by atomic mass is 16.1. The topological polar surface area (TPSA) is 58.4 Å². The van der Waals surface area contributed by atoms with Crippen LogP contribution in [0.2, 0.25) is 0 Å². The monoisotopic (exact) mass is 303 g/mol. The number of benzene rings is 1. The van der Waals surface area contributed by atoms with Crippen molar-refractivity contribution in [3.05, 3.63) is 29.8 Å². The van der Waals surface area contributed by atoms with E-state index in [4.69, 9.17) is 5.73 Å². The number of carbonyl (C=O) groups is 1. The number of rotatable bonds is 6. The van der Waals surface area contributed by atoms with Crippen molar-refractivity contribution in [2.75, 3.05) is 18.5 Å². The fourth-order valence-corrected chi connectivity index (χ4v) is 2.92. The first kappa shape index (κ1) is 16.8. The van der Waals surface area contributed by atoms with Crippen molar-refractivity contribution in [2.24, 2.45) is 5.73 Å². The molecule has 1 aliphatic rings. The predicted octanol–water partition coefficient (Wildman–Crippen LogP) is 2.92. The van der Waals surface area contributed by atoms with E-state index in [0.717, 1.165) is 43.5 Å². The lowest BCUT2D eigenvalue weighted by atomic mass is 9.91. The third-order valence-electron chi connectivity index (χ3n) is 4.52. The Balaban J connectivity index is 1.88. The van der Waals surface area contributed by atoms with Gasteiger partial charge in [0, 0.05) is 36.9 Å². The van der Waals surface area contributed by atoms with E-state index in [-0.39, 0.29) is 11.9 Å². The van der Waals surface area contributed by atoms with Gasteiger partial charge in [-0.2, -0.15) is 0 Å². The maximum Gasteiger partial charge on any atom is 0.251 e. The molecular weight excluding hydrogens is 274 g/mol. The summed E-state index contributed by atoms with van der Waals surface area (Å²) in [5.41, 5.74) is 7.80. The van der Waals surface area contributed by atoms with Crippen molar-refractivity contribution in [2.45, 2.75) is 57.5 Å². The molecule has 4 nitrogen and oxygen atoms in total. The van der Waals surface area contributed by atoms with Crippen LogP contribution in [0.4, 0.5) is 5.69 Å². The normalized spacial score (nSPS) is 21.4. The van der Waals surface area contributed by atoms with Crippen LogP contribution in [-0.2, 0) is 0 Å². The molecule has 1 aromatic rings. The van der Waals surface area contributed by atoms with Crippen molar-refractivity contribution in [1.82, 2.24) is 5.32 Å². The highest BCUT2D eigenvalue weighted by molar-refractivity contribution is 5.94. The number of hydrogen-bond donors (Lipinski definition) is 2. The minimum Gasteiger partial charge on any atom is -0.375 e. The average molecular weight is 303 g/mol. The van der Waals surface area contributed by atoms with Gasteiger partial charge < -0.3 is 16.0 Å². The lowest BCUT2D eigenvalue weighted by molar-refractivity contribution is 0.0926. The standard InChI is InChI=1S/C18H29N3O/c1-3-4-13-21(2)17-11-5-14(6-12-17)18(22)20-16-9-7-15(19)8-10-16/h5-6,11-12,15-16H,3-4,7-10,13,19H2,1-2H3,(H,20,22). The summed E-state index contributed by atoms with van der Waals surface area (Å²) in [5, 5.41) is 3.13. The SMILES string of the molecule is CCCCN(C)c1ccc(C(=O)NC2CCC(N)CC2)cc1. The summed E-state index contributed by atoms with van der Waals surface area (Å²) in [6, 6.07) is 8.48. The summed E-state index contributed by atoms with van der Waals surface area (Å²) in [6.07, 6.45) is 6.37. The number of carbonyl (C=O) groups excluding carboxylic acids is 1. The van der Waals surface area contributed by atoms with Crippen LogP contribution in [0.15, 0.2) is 24.3 Å². The van der Waals surface area contributed by atoms with Crippen LogP contribution in [0, 0.1) is 0 Å². The van der Waals surface area contributed by atoms with E-state index >= 15 is 0 Å². The van der Waals surface area contributed by atoms with Gasteiger partial charge in [-0.3, -0.25) is 4.79 Å². The fourth-order valence-electron chi connectivity index (χ4n) is 2.92. The number of anilines is 1. The van der Waals surface area contributed by atoms with Gasteiger partial charge in [0.25, 0.3) is 5.91 Å². The van der Waals surface area contributed by atoms with Crippen LogP contribution < -0.4 is 16.0 Å². The quantitative estimate of drug-likeness (QED) is 0.849. The summed E-state index contributed by atoms with van der Waals surface area (Å²) in [6.45, 7) is 3.24. The van der Waals surface area contributed by atoms with Gasteiger partial charge in [0.05, 0.1) is 0 Å². The van der Waals surface area contributed by atoms with Crippen LogP contribution in [0.5, 0.6) is 0 Å². The average Bonchev–Trinajstić information content (AvgIpc) is 2.55. The molecule has 1 aromatic carbocycles. The van der Waals surface area contributed by atoms with Crippen molar-refractivity contribution >= 4 is 11.6 Å². The van der Waals surface area contributed by atoms with E-state index in [1.807, 2.05) is 24.3 Å². The molecule has 1 aliphatic carbocycles. The molecule has 0 heterocycles. The molecule has 1 amide bonds. The molecule has 0 unspecified atom stereocenters. The largest absolute Gasteiger partial charge is 0.375 e. The third kappa shape index (κ3) is 4.73. The Morgan fingerprint density at radius 2 is 1.86 bits per heavy atom. The molecule has 0 atom stereocenters. The number of nitrogens with one attached hydrogen (secondary N) is 1. The van der Waals surface area contributed by atoms with Crippen LogP contribution in [-0.4, -0.2) is 31.6 Å². The maximum atomic E-state index is 12.3. The zero-order valence-corrected chi connectivity index (χ0v) is 13.8. The van der Waals surface area contributed by atoms with Crippen molar-refractivity contribution in [3.8, 4) is 0 Å². The van der Waals surface area contributed by atoms with Crippen molar-refractivity contribution in [1.29, 1.82) is 0 Å². The Hall–Kier alpha value is -1.55. The lowest BCUT2D eigenvalue weighted by Gasteiger charge is -2.27. The van der Waals surface area contributed by atoms with Crippen molar-refractivity contribution in [3.63, 3.8) is 0 Å². The smallest absolute Gasteiger partial charge is 0.251 e. The Morgan fingerprint density at radius 3 is 2.45 bits per heavy atom. The van der Waals surface area contributed by atoms with E-state index in [1.165, 1.54) is 12.8 Å². The van der Waals surface area contributed by atoms with E-state index < -0.39 is 0 Å². The van der Waals surface area contributed by atoms with Crippen molar-refractivity contribution < 1.29 is 4.79 Å². The number of unbranched alkanes of at least 4 members (excludes halogenated alkanes) is 1. The molecule has 1 saturated carbocycles. The highest BCUT2D eigenvalue weighted by Gasteiger charge is 2.20. The number of nitrogens with two attached hydrogens (primary N) is 1. The first-order valence-corrected chi connectivity index (χ1v) is 8.47. The fraction of sp³-hybridized carbons (Fsp3) is 0.611. The molecule has 0 aromatic heterocycles. The molecular formula is C18H29N3O. The Kier molecular flexibility index (Phi) is 6.25. The van der Waals surface area contributed by atoms with E-state index in [0.29, 0.717) is 6.04 Å². The molecule has 0 spiro atoms. The summed E-state index contributed by atoms with van der Waals surface area (Å²) in [4.78, 5) is 14.5. The molecule has 1 fully saturated rings. The molecule has 0 radical (unpaired) electrons. The minimum absolute atomic E-state index is 0.0308. The number of hydrogen-bond acceptors (Lipinski definition) is 3. The maximum absolute atomic E-state index is 12.3. The van der Waals surface area contributed by atoms with Gasteiger partial charge in [0.15, 0.2) is 0 Å². The van der Waals surface area contributed by atoms with Crippen LogP contribution >= 0.6 is 0 Å². The zero-order valence-electron chi connectivity index (χ0n) is 13.8. The second-order valence-electron chi connectivity index (χ2n) is 6.41. The number of amides is 1. The van der Waals surface area contributed by atoms with Gasteiger partial charge in [-0.1, -0.05) is 13.3 Å². The van der Waals surface area contributed by atoms with Gasteiger partial charge in [-0.25, -0.2) is 0 Å². The molecule has 0 saturated heterocycles. The Bertz CT molecular complexity index is 464. The van der Waals surface area contributed by atoms with E-state index in [1.54, 1.807) is 0 Å². The molecule has 122 valence electrons. The summed E-state index contributed by atoms with van der Waals surface area (Å²) < 4.78 is 0. The van der Waals surface area contributed by atoms with Crippen LogP contribution in [0.25, 0.3) is 0 Å². The molecule has 0 aliphatic heterocycles. The van der Waals surface area contributed by atoms with Gasteiger partial charge >= 0.3 is 0 Å². The minimum atomic E-state index is 0.0308. The third-order valence-corrected chi connectivity index (χ3v) is 4.52. The first-order valence-electron chi connectivity index (χ1n) is 8.47. The molecule has 3 N–H and O–H groups in total. The molecule has 22 heavy (non-hydrogen) atoms. The second-order valence-corrected chi connectivity index (χ2v) is 6.41. The summed E-state index contributed by atoms with van der Waals surface area (Å²) in [5.74, 6) is 0.0308. The molecule has 0 bridgehead atoms. The lowest BCUT2D eigenvalue weighted by Crippen LogP contribution is -2.40. The van der Waals surface area contributed by atoms with Crippen LogP contribution in [0.1, 0.15) is 55.8 Å². The summed E-state index contributed by atoms with van der Waals surface area (Å²) in [7, 11) is 2.09. The summed E-state index contributed by atoms with van der Waals surface area (Å²) >= 11 is 0. The number of nitrogens with zero attached hydrogens (tertiary/aromatic N) is 1. The van der Waals surface area contributed by atoms with Crippen LogP contribution in [0.3, 0.4) is 0 Å². The first-order chi connectivity index (χ1) is 10.6. The van der Waals surface area contributed by atoms with E-state index in [2.05, 4.69) is 24.2 Å².